The molecule has 11 heteroatoms. The van der Waals surface area contributed by atoms with Crippen molar-refractivity contribution in [3.63, 3.8) is 0 Å². The van der Waals surface area contributed by atoms with Crippen LogP contribution in [-0.2, 0) is 16.1 Å². The Morgan fingerprint density at radius 1 is 1.17 bits per heavy atom. The normalized spacial score (nSPS) is 10.6. The van der Waals surface area contributed by atoms with E-state index in [0.717, 1.165) is 25.2 Å². The van der Waals surface area contributed by atoms with Gasteiger partial charge < -0.3 is 20.7 Å². The molecule has 4 N–H and O–H groups in total. The molecule has 1 aromatic heterocycles. The molecule has 0 aliphatic rings. The molecular weight excluding hydrogens is 469 g/mol. The second-order valence-corrected chi connectivity index (χ2v) is 8.00. The van der Waals surface area contributed by atoms with Crippen LogP contribution in [0.5, 0.6) is 0 Å². The van der Waals surface area contributed by atoms with Crippen LogP contribution in [0, 0.1) is 5.82 Å². The molecule has 0 saturated heterocycles. The highest BCUT2D eigenvalue weighted by molar-refractivity contribution is 5.98. The summed E-state index contributed by atoms with van der Waals surface area (Å²) in [5.74, 6) is -2.25. The summed E-state index contributed by atoms with van der Waals surface area (Å²) in [4.78, 5) is 53.8. The first-order valence-corrected chi connectivity index (χ1v) is 11.3. The molecule has 0 unspecified atom stereocenters. The van der Waals surface area contributed by atoms with Gasteiger partial charge >= 0.3 is 11.7 Å². The van der Waals surface area contributed by atoms with Gasteiger partial charge in [-0.2, -0.15) is 0 Å². The molecule has 0 radical (unpaired) electrons. The van der Waals surface area contributed by atoms with Crippen molar-refractivity contribution in [3.8, 4) is 0 Å². The predicted molar refractivity (Wildman–Crippen MR) is 135 cm³/mol. The van der Waals surface area contributed by atoms with Crippen LogP contribution in [0.4, 0.5) is 21.6 Å². The summed E-state index contributed by atoms with van der Waals surface area (Å²) in [6.45, 7) is 1.93. The summed E-state index contributed by atoms with van der Waals surface area (Å²) in [7, 11) is 1.14. The van der Waals surface area contributed by atoms with Gasteiger partial charge in [0, 0.05) is 12.2 Å². The van der Waals surface area contributed by atoms with Gasteiger partial charge in [-0.15, -0.1) is 0 Å². The number of carbonyl (C=O) groups is 2. The molecule has 36 heavy (non-hydrogen) atoms. The van der Waals surface area contributed by atoms with E-state index >= 15 is 0 Å². The lowest BCUT2D eigenvalue weighted by Gasteiger charge is -2.25. The average molecular weight is 498 g/mol. The van der Waals surface area contributed by atoms with E-state index in [-0.39, 0.29) is 36.7 Å². The van der Waals surface area contributed by atoms with E-state index in [1.807, 2.05) is 37.3 Å². The number of nitrogens with two attached hydrogens (primary N) is 1. The molecule has 3 rings (SSSR count). The Labute approximate surface area is 206 Å². The van der Waals surface area contributed by atoms with E-state index < -0.39 is 28.9 Å². The van der Waals surface area contributed by atoms with E-state index in [0.29, 0.717) is 12.1 Å². The minimum atomic E-state index is -0.855. The van der Waals surface area contributed by atoms with Crippen LogP contribution in [-0.4, -0.2) is 41.6 Å². The molecule has 10 nitrogen and oxygen atoms in total. The van der Waals surface area contributed by atoms with Gasteiger partial charge in [0.1, 0.15) is 11.6 Å². The van der Waals surface area contributed by atoms with Crippen molar-refractivity contribution < 1.29 is 18.7 Å². The van der Waals surface area contributed by atoms with Crippen LogP contribution < -0.4 is 27.2 Å². The number of hydrogen-bond donors (Lipinski definition) is 3. The number of halogens is 1. The SMILES string of the molecule is CCCCN(C(=O)CNc1ccc(F)c(C(=O)OC)c1)c1c(N)n(Cc2ccccc2)c(=O)[nH]c1=O. The number of nitrogens with zero attached hydrogens (tertiary/aromatic N) is 2. The van der Waals surface area contributed by atoms with Crippen molar-refractivity contribution in [2.75, 3.05) is 36.1 Å². The van der Waals surface area contributed by atoms with Gasteiger partial charge in [-0.05, 0) is 30.2 Å². The zero-order valence-corrected chi connectivity index (χ0v) is 20.0. The van der Waals surface area contributed by atoms with Crippen LogP contribution in [0.15, 0.2) is 58.1 Å². The predicted octanol–water partition coefficient (Wildman–Crippen LogP) is 2.34. The third-order valence-corrected chi connectivity index (χ3v) is 5.52. The Balaban J connectivity index is 1.91. The topological polar surface area (TPSA) is 140 Å². The van der Waals surface area contributed by atoms with Crippen molar-refractivity contribution in [2.24, 2.45) is 0 Å². The number of amides is 1. The van der Waals surface area contributed by atoms with Crippen molar-refractivity contribution in [1.82, 2.24) is 9.55 Å². The second kappa shape index (κ2) is 11.8. The minimum Gasteiger partial charge on any atom is -0.465 e. The molecule has 0 saturated carbocycles. The number of nitrogen functional groups attached to an aromatic ring is 1. The van der Waals surface area contributed by atoms with E-state index in [2.05, 4.69) is 15.0 Å². The number of aromatic nitrogens is 2. The maximum atomic E-state index is 13.9. The van der Waals surface area contributed by atoms with Gasteiger partial charge in [0.15, 0.2) is 5.69 Å². The number of hydrogen-bond acceptors (Lipinski definition) is 7. The standard InChI is InChI=1S/C25H28FN5O5/c1-3-4-12-30(20(32)14-28-17-10-11-19(26)18(13-17)24(34)36-2)21-22(27)31(25(35)29-23(21)33)15-16-8-6-5-7-9-16/h5-11,13,28H,3-4,12,14-15,27H2,1-2H3,(H,29,33,35). The summed E-state index contributed by atoms with van der Waals surface area (Å²) in [6, 6.07) is 12.8. The summed E-state index contributed by atoms with van der Waals surface area (Å²) >= 11 is 0. The lowest BCUT2D eigenvalue weighted by atomic mass is 10.2. The molecule has 3 aromatic rings. The molecule has 1 heterocycles. The van der Waals surface area contributed by atoms with Gasteiger partial charge in [0.05, 0.1) is 25.8 Å². The summed E-state index contributed by atoms with van der Waals surface area (Å²) < 4.78 is 19.7. The third kappa shape index (κ3) is 5.98. The largest absolute Gasteiger partial charge is 0.465 e. The van der Waals surface area contributed by atoms with Crippen molar-refractivity contribution in [3.05, 3.63) is 86.3 Å². The fourth-order valence-electron chi connectivity index (χ4n) is 3.61. The molecule has 0 aliphatic heterocycles. The minimum absolute atomic E-state index is 0.106. The van der Waals surface area contributed by atoms with Crippen LogP contribution in [0.2, 0.25) is 0 Å². The summed E-state index contributed by atoms with van der Waals surface area (Å²) in [5.41, 5.74) is 5.49. The highest BCUT2D eigenvalue weighted by atomic mass is 19.1. The Morgan fingerprint density at radius 2 is 1.89 bits per heavy atom. The molecule has 0 aliphatic carbocycles. The van der Waals surface area contributed by atoms with E-state index in [1.54, 1.807) is 0 Å². The van der Waals surface area contributed by atoms with E-state index in [4.69, 9.17) is 5.73 Å². The number of aromatic amines is 1. The number of ether oxygens (including phenoxy) is 1. The Morgan fingerprint density at radius 3 is 2.56 bits per heavy atom. The van der Waals surface area contributed by atoms with Crippen molar-refractivity contribution in [1.29, 1.82) is 0 Å². The smallest absolute Gasteiger partial charge is 0.340 e. The zero-order valence-electron chi connectivity index (χ0n) is 20.0. The van der Waals surface area contributed by atoms with Gasteiger partial charge in [-0.3, -0.25) is 19.1 Å². The molecule has 0 bridgehead atoms. The third-order valence-electron chi connectivity index (χ3n) is 5.52. The highest BCUT2D eigenvalue weighted by Gasteiger charge is 2.24. The number of methoxy groups -OCH3 is 1. The van der Waals surface area contributed by atoms with E-state index in [1.165, 1.54) is 21.6 Å². The van der Waals surface area contributed by atoms with Crippen LogP contribution >= 0.6 is 0 Å². The van der Waals surface area contributed by atoms with Gasteiger partial charge in [-0.25, -0.2) is 14.0 Å². The lowest BCUT2D eigenvalue weighted by molar-refractivity contribution is -0.117. The van der Waals surface area contributed by atoms with Gasteiger partial charge in [0.2, 0.25) is 5.91 Å². The van der Waals surface area contributed by atoms with Gasteiger partial charge in [-0.1, -0.05) is 43.7 Å². The fraction of sp³-hybridized carbons (Fsp3) is 0.280. The Hall–Kier alpha value is -4.41. The number of rotatable bonds is 10. The average Bonchev–Trinajstić information content (AvgIpc) is 2.87. The summed E-state index contributed by atoms with van der Waals surface area (Å²) in [5, 5.41) is 2.84. The number of carbonyl (C=O) groups excluding carboxylic acids is 2. The number of benzene rings is 2. The lowest BCUT2D eigenvalue weighted by Crippen LogP contribution is -2.43. The number of anilines is 3. The molecule has 0 fully saturated rings. The monoisotopic (exact) mass is 497 g/mol. The molecule has 190 valence electrons. The second-order valence-electron chi connectivity index (χ2n) is 8.00. The van der Waals surface area contributed by atoms with E-state index in [9.17, 15) is 23.6 Å². The molecule has 2 aromatic carbocycles. The first-order valence-electron chi connectivity index (χ1n) is 11.3. The van der Waals surface area contributed by atoms with Crippen LogP contribution in [0.25, 0.3) is 0 Å². The number of unbranched alkanes of at least 4 members (excludes halogenated alkanes) is 1. The zero-order chi connectivity index (χ0) is 26.2. The highest BCUT2D eigenvalue weighted by Crippen LogP contribution is 2.20. The van der Waals surface area contributed by atoms with Gasteiger partial charge in [0.25, 0.3) is 5.56 Å². The quantitative estimate of drug-likeness (QED) is 0.365. The molecular formula is C25H28FN5O5. The summed E-state index contributed by atoms with van der Waals surface area (Å²) in [6.07, 6.45) is 1.31. The van der Waals surface area contributed by atoms with Crippen LogP contribution in [0.3, 0.4) is 0 Å². The molecule has 1 amide bonds. The first kappa shape index (κ1) is 26.2. The number of esters is 1. The number of H-pyrrole nitrogens is 1. The maximum Gasteiger partial charge on any atom is 0.340 e. The van der Waals surface area contributed by atoms with Crippen molar-refractivity contribution >= 4 is 29.1 Å². The van der Waals surface area contributed by atoms with Crippen LogP contribution in [0.1, 0.15) is 35.7 Å². The molecule has 0 atom stereocenters. The number of nitrogens with one attached hydrogen (secondary N) is 2. The Bertz CT molecular complexity index is 1350. The fourth-order valence-corrected chi connectivity index (χ4v) is 3.61. The maximum absolute atomic E-state index is 13.9. The van der Waals surface area contributed by atoms with Crippen molar-refractivity contribution in [2.45, 2.75) is 26.3 Å². The molecule has 0 spiro atoms. The first-order chi connectivity index (χ1) is 17.3. The Kier molecular flexibility index (Phi) is 8.61.